The van der Waals surface area contributed by atoms with Crippen LogP contribution < -0.4 is 21.3 Å². The molecule has 0 aromatic heterocycles. The number of aliphatic hydroxyl groups is 1. The monoisotopic (exact) mass is 502 g/mol. The molecule has 168 valence electrons. The Hall–Kier alpha value is -3.24. The van der Waals surface area contributed by atoms with Crippen molar-refractivity contribution in [2.45, 2.75) is 31.5 Å². The lowest BCUT2D eigenvalue weighted by Gasteiger charge is -2.25. The van der Waals surface area contributed by atoms with E-state index in [2.05, 4.69) is 37.2 Å². The Balaban J connectivity index is 1.64. The fourth-order valence-corrected chi connectivity index (χ4v) is 3.43. The van der Waals surface area contributed by atoms with Gasteiger partial charge in [0.05, 0.1) is 6.10 Å². The number of nitrogens with one attached hydrogen (secondary N) is 4. The molecule has 1 heterocycles. The average molecular weight is 503 g/mol. The second-order valence-electron chi connectivity index (χ2n) is 7.73. The Morgan fingerprint density at radius 1 is 1.06 bits per heavy atom. The summed E-state index contributed by atoms with van der Waals surface area (Å²) in [6.45, 7) is 2.62. The van der Waals surface area contributed by atoms with Gasteiger partial charge in [-0.1, -0.05) is 40.2 Å². The van der Waals surface area contributed by atoms with Crippen LogP contribution in [0.4, 0.5) is 4.79 Å². The number of urea groups is 1. The third-order valence-corrected chi connectivity index (χ3v) is 5.64. The second-order valence-corrected chi connectivity index (χ2v) is 8.65. The molecule has 3 atom stereocenters. The quantitative estimate of drug-likeness (QED) is 0.363. The summed E-state index contributed by atoms with van der Waals surface area (Å²) in [4.78, 5) is 48.4. The van der Waals surface area contributed by atoms with Gasteiger partial charge in [0.2, 0.25) is 5.91 Å². The number of imide groups is 1. The van der Waals surface area contributed by atoms with Crippen LogP contribution in [0, 0.1) is 0 Å². The van der Waals surface area contributed by atoms with E-state index in [1.165, 1.54) is 13.8 Å². The van der Waals surface area contributed by atoms with Gasteiger partial charge in [-0.25, -0.2) is 4.79 Å². The third kappa shape index (κ3) is 5.32. The number of hydrogen-bond donors (Lipinski definition) is 5. The van der Waals surface area contributed by atoms with Crippen LogP contribution >= 0.6 is 15.9 Å². The maximum absolute atomic E-state index is 12.6. The molecule has 5 amide bonds. The molecule has 10 heteroatoms. The molecule has 1 fully saturated rings. The van der Waals surface area contributed by atoms with Crippen molar-refractivity contribution >= 4 is 39.7 Å². The highest BCUT2D eigenvalue weighted by molar-refractivity contribution is 9.10. The van der Waals surface area contributed by atoms with E-state index in [4.69, 9.17) is 0 Å². The summed E-state index contributed by atoms with van der Waals surface area (Å²) >= 11 is 3.39. The zero-order valence-electron chi connectivity index (χ0n) is 17.4. The first-order chi connectivity index (χ1) is 15.1. The standard InChI is InChI=1S/C22H23BrN4O5/c1-12(28)17(19(30)24-11-22(2)20(31)26-21(32)27-22)25-18(29)15-5-3-13(4-6-15)14-7-9-16(23)10-8-14/h3-10,12,17,28H,11H2,1-2H3,(H,24,30)(H,25,29)(H2,26,27,31,32)/t12-,17+,22?/m1/s1. The summed E-state index contributed by atoms with van der Waals surface area (Å²) < 4.78 is 0.963. The van der Waals surface area contributed by atoms with E-state index >= 15 is 0 Å². The van der Waals surface area contributed by atoms with Crippen molar-refractivity contribution in [1.82, 2.24) is 21.3 Å². The van der Waals surface area contributed by atoms with Crippen molar-refractivity contribution in [2.75, 3.05) is 6.54 Å². The van der Waals surface area contributed by atoms with Crippen LogP contribution in [0.15, 0.2) is 53.0 Å². The summed E-state index contributed by atoms with van der Waals surface area (Å²) in [5.74, 6) is -1.80. The highest BCUT2D eigenvalue weighted by Gasteiger charge is 2.42. The summed E-state index contributed by atoms with van der Waals surface area (Å²) in [6.07, 6.45) is -1.19. The number of benzene rings is 2. The Bertz CT molecular complexity index is 1040. The zero-order chi connectivity index (χ0) is 23.5. The summed E-state index contributed by atoms with van der Waals surface area (Å²) in [5, 5.41) is 19.5. The van der Waals surface area contributed by atoms with E-state index in [-0.39, 0.29) is 6.54 Å². The van der Waals surface area contributed by atoms with Gasteiger partial charge in [-0.15, -0.1) is 0 Å². The van der Waals surface area contributed by atoms with Gasteiger partial charge >= 0.3 is 6.03 Å². The van der Waals surface area contributed by atoms with E-state index in [1.807, 2.05) is 24.3 Å². The lowest BCUT2D eigenvalue weighted by Crippen LogP contribution is -2.58. The SMILES string of the molecule is C[C@@H](O)[C@H](NC(=O)c1ccc(-c2ccc(Br)cc2)cc1)C(=O)NCC1(C)NC(=O)NC1=O. The van der Waals surface area contributed by atoms with Crippen LogP contribution in [0.5, 0.6) is 0 Å². The first-order valence-electron chi connectivity index (χ1n) is 9.85. The highest BCUT2D eigenvalue weighted by Crippen LogP contribution is 2.22. The van der Waals surface area contributed by atoms with E-state index in [0.717, 1.165) is 15.6 Å². The maximum atomic E-state index is 12.6. The topological polar surface area (TPSA) is 137 Å². The van der Waals surface area contributed by atoms with Gasteiger partial charge in [0, 0.05) is 16.6 Å². The number of carbonyl (C=O) groups is 4. The fourth-order valence-electron chi connectivity index (χ4n) is 3.16. The van der Waals surface area contributed by atoms with Gasteiger partial charge in [0.1, 0.15) is 11.6 Å². The molecule has 3 rings (SSSR count). The number of rotatable bonds is 7. The lowest BCUT2D eigenvalue weighted by atomic mass is 10.0. The maximum Gasteiger partial charge on any atom is 0.322 e. The molecule has 2 aromatic carbocycles. The highest BCUT2D eigenvalue weighted by atomic mass is 79.9. The van der Waals surface area contributed by atoms with Crippen LogP contribution in [0.2, 0.25) is 0 Å². The molecule has 0 bridgehead atoms. The van der Waals surface area contributed by atoms with Crippen molar-refractivity contribution in [1.29, 1.82) is 0 Å². The molecule has 32 heavy (non-hydrogen) atoms. The summed E-state index contributed by atoms with van der Waals surface area (Å²) in [7, 11) is 0. The molecule has 0 radical (unpaired) electrons. The zero-order valence-corrected chi connectivity index (χ0v) is 19.0. The molecule has 0 spiro atoms. The summed E-state index contributed by atoms with van der Waals surface area (Å²) in [6, 6.07) is 12.7. The molecule has 1 saturated heterocycles. The van der Waals surface area contributed by atoms with E-state index in [1.54, 1.807) is 24.3 Å². The van der Waals surface area contributed by atoms with Gasteiger partial charge in [-0.3, -0.25) is 19.7 Å². The molecule has 2 aromatic rings. The minimum atomic E-state index is -1.32. The van der Waals surface area contributed by atoms with E-state index in [0.29, 0.717) is 5.56 Å². The number of halogens is 1. The molecular formula is C22H23BrN4O5. The minimum absolute atomic E-state index is 0.204. The Labute approximate surface area is 193 Å². The van der Waals surface area contributed by atoms with Crippen LogP contribution in [0.3, 0.4) is 0 Å². The van der Waals surface area contributed by atoms with Crippen molar-refractivity contribution in [3.8, 4) is 11.1 Å². The van der Waals surface area contributed by atoms with E-state index < -0.39 is 41.4 Å². The van der Waals surface area contributed by atoms with Crippen molar-refractivity contribution in [3.05, 3.63) is 58.6 Å². The molecule has 1 unspecified atom stereocenters. The predicted molar refractivity (Wildman–Crippen MR) is 121 cm³/mol. The molecule has 1 aliphatic heterocycles. The predicted octanol–water partition coefficient (Wildman–Crippen LogP) is 1.31. The number of carbonyl (C=O) groups excluding carboxylic acids is 4. The van der Waals surface area contributed by atoms with Crippen LogP contribution in [0.25, 0.3) is 11.1 Å². The first kappa shape index (κ1) is 23.4. The molecule has 0 saturated carbocycles. The Kier molecular flexibility index (Phi) is 6.95. The number of hydrogen-bond acceptors (Lipinski definition) is 5. The molecule has 1 aliphatic rings. The van der Waals surface area contributed by atoms with Gasteiger partial charge in [-0.05, 0) is 49.2 Å². The van der Waals surface area contributed by atoms with Crippen molar-refractivity contribution < 1.29 is 24.3 Å². The van der Waals surface area contributed by atoms with E-state index in [9.17, 15) is 24.3 Å². The largest absolute Gasteiger partial charge is 0.391 e. The van der Waals surface area contributed by atoms with Gasteiger partial charge in [0.25, 0.3) is 11.8 Å². The summed E-state index contributed by atoms with van der Waals surface area (Å²) in [5.41, 5.74) is 0.906. The minimum Gasteiger partial charge on any atom is -0.391 e. The number of aliphatic hydroxyl groups excluding tert-OH is 1. The van der Waals surface area contributed by atoms with Crippen molar-refractivity contribution in [2.24, 2.45) is 0 Å². The molecule has 0 aliphatic carbocycles. The van der Waals surface area contributed by atoms with Crippen molar-refractivity contribution in [3.63, 3.8) is 0 Å². The average Bonchev–Trinajstić information content (AvgIpc) is 3.02. The molecular weight excluding hydrogens is 480 g/mol. The van der Waals surface area contributed by atoms with Crippen LogP contribution in [-0.2, 0) is 9.59 Å². The van der Waals surface area contributed by atoms with Gasteiger partial charge in [-0.2, -0.15) is 0 Å². The Morgan fingerprint density at radius 3 is 2.12 bits per heavy atom. The number of amides is 5. The smallest absolute Gasteiger partial charge is 0.322 e. The van der Waals surface area contributed by atoms with Gasteiger partial charge < -0.3 is 21.1 Å². The normalized spacial score (nSPS) is 19.5. The lowest BCUT2D eigenvalue weighted by molar-refractivity contribution is -0.126. The van der Waals surface area contributed by atoms with Gasteiger partial charge in [0.15, 0.2) is 0 Å². The first-order valence-corrected chi connectivity index (χ1v) is 10.6. The fraction of sp³-hybridized carbons (Fsp3) is 0.273. The Morgan fingerprint density at radius 2 is 1.62 bits per heavy atom. The second kappa shape index (κ2) is 9.49. The third-order valence-electron chi connectivity index (χ3n) is 5.11. The molecule has 9 nitrogen and oxygen atoms in total. The molecule has 5 N–H and O–H groups in total. The van der Waals surface area contributed by atoms with Crippen LogP contribution in [-0.4, -0.2) is 53.1 Å². The van der Waals surface area contributed by atoms with Crippen LogP contribution in [0.1, 0.15) is 24.2 Å².